The first-order valence-corrected chi connectivity index (χ1v) is 48.1. The quantitative estimate of drug-likeness (QED) is 0.0131. The Labute approximate surface area is 817 Å². The van der Waals surface area contributed by atoms with Crippen molar-refractivity contribution in [2.45, 2.75) is 251 Å². The Bertz CT molecular complexity index is 5640. The van der Waals surface area contributed by atoms with Crippen molar-refractivity contribution in [1.29, 1.82) is 0 Å². The van der Waals surface area contributed by atoms with Crippen molar-refractivity contribution < 1.29 is 109 Å². The lowest BCUT2D eigenvalue weighted by atomic mass is 9.78. The van der Waals surface area contributed by atoms with Crippen LogP contribution in [0.15, 0.2) is 208 Å². The Morgan fingerprint density at radius 3 is 1.06 bits per heavy atom. The van der Waals surface area contributed by atoms with Crippen LogP contribution in [0.25, 0.3) is 55.6 Å². The number of nitrogens with zero attached hydrogens (tertiary/aromatic N) is 10. The Morgan fingerprint density at radius 1 is 0.428 bits per heavy atom. The predicted molar refractivity (Wildman–Crippen MR) is 515 cm³/mol. The van der Waals surface area contributed by atoms with Crippen LogP contribution in [0.2, 0.25) is 0 Å². The first-order chi connectivity index (χ1) is 66.4. The number of benzene rings is 6. The molecule has 0 radical (unpaired) electrons. The molecule has 1 saturated heterocycles. The molecule has 0 unspecified atom stereocenters. The van der Waals surface area contributed by atoms with E-state index in [1.165, 1.54) is 49.6 Å². The Balaban J connectivity index is 0.000000147. The molecule has 5 saturated carbocycles. The van der Waals surface area contributed by atoms with E-state index in [4.69, 9.17) is 69.8 Å². The van der Waals surface area contributed by atoms with Crippen LogP contribution in [0.4, 0.5) is 29.7 Å². The van der Waals surface area contributed by atoms with Gasteiger partial charge in [0.05, 0.1) is 34.3 Å². The van der Waals surface area contributed by atoms with Crippen LogP contribution >= 0.6 is 31.9 Å². The first kappa shape index (κ1) is 103. The van der Waals surface area contributed by atoms with Gasteiger partial charge in [-0.3, -0.25) is 14.9 Å². The number of amides is 4. The molecule has 6 aromatic carbocycles. The number of aromatic hydroxyl groups is 1. The van der Waals surface area contributed by atoms with E-state index in [9.17, 15) is 44.0 Å². The number of nitro benzene ring substituents is 1. The number of carbonyl (C=O) groups excluding carboxylic acids is 6. The van der Waals surface area contributed by atoms with E-state index in [0.29, 0.717) is 46.5 Å². The number of hydrogen-bond acceptors (Lipinski definition) is 29. The molecule has 6 aliphatic rings. The molecule has 17 rings (SSSR count). The summed E-state index contributed by atoms with van der Waals surface area (Å²) in [6, 6.07) is 43.8. The number of phenols is 1. The number of phenolic OH excluding ortho intramolecular Hbond substituents is 1. The highest BCUT2D eigenvalue weighted by atomic mass is 79.9. The lowest BCUT2D eigenvalue weighted by Crippen LogP contribution is -2.41. The highest BCUT2D eigenvalue weighted by Crippen LogP contribution is 2.39. The minimum atomic E-state index is -0.955. The molecule has 34 nitrogen and oxygen atoms in total. The molecule has 11 aromatic rings. The molecule has 5 aliphatic carbocycles. The first-order valence-electron chi connectivity index (χ1n) is 46.5. The van der Waals surface area contributed by atoms with Crippen LogP contribution in [0.5, 0.6) is 17.2 Å². The van der Waals surface area contributed by atoms with Crippen LogP contribution in [0, 0.1) is 16.0 Å². The maximum atomic E-state index is 12.4. The van der Waals surface area contributed by atoms with Gasteiger partial charge in [-0.1, -0.05) is 182 Å². The number of esters is 1. The van der Waals surface area contributed by atoms with Crippen molar-refractivity contribution >= 4 is 86.6 Å². The van der Waals surface area contributed by atoms with Crippen LogP contribution in [0.3, 0.4) is 0 Å². The van der Waals surface area contributed by atoms with Gasteiger partial charge in [0, 0.05) is 101 Å². The minimum absolute atomic E-state index is 0.0123. The van der Waals surface area contributed by atoms with Gasteiger partial charge in [0.1, 0.15) is 110 Å². The average molecular weight is 2030 g/mol. The third-order valence-corrected chi connectivity index (χ3v) is 26.8. The summed E-state index contributed by atoms with van der Waals surface area (Å²) in [7, 11) is 6.77. The number of nitro groups is 1. The predicted octanol–water partition coefficient (Wildman–Crippen LogP) is 22.8. The maximum absolute atomic E-state index is 12.4. The van der Waals surface area contributed by atoms with E-state index in [1.807, 2.05) is 139 Å². The van der Waals surface area contributed by atoms with Gasteiger partial charge in [-0.25, -0.2) is 24.0 Å². The number of hydrogen-bond donors (Lipinski definition) is 1. The minimum Gasteiger partial charge on any atom is -0.508 e. The van der Waals surface area contributed by atoms with E-state index in [0.717, 1.165) is 179 Å². The number of aromatic nitrogens is 5. The Kier molecular flexibility index (Phi) is 36.4. The van der Waals surface area contributed by atoms with Gasteiger partial charge < -0.3 is 94.5 Å². The van der Waals surface area contributed by atoms with Crippen molar-refractivity contribution in [3.05, 3.63) is 224 Å². The molecule has 6 fully saturated rings. The second-order valence-corrected chi connectivity index (χ2v) is 37.9. The zero-order valence-corrected chi connectivity index (χ0v) is 82.3. The molecular formula is C101H117BBr2N10O24. The SMILES string of the molecule is CC(C)OC(=O)[C@H]1CCC[C@H](Oc2ccc(-c3conc3COC(=O)N(C)C3CCCC3)cc2)C1.CN(C(=O)OCc1nocc1-c1ccc(B2OC(C)(C)C(C)(C)O2)cc1)C1CCCC1.CN(C(=O)OCc1nocc1-c1ccc(Br)cc1)C1CCCC1.CN(C(=O)OCc1nocc1-c1ccc(O)cc1)C1CCCC1.O=C(OCc1nocc1-c1ccc(Br)cc1)Oc1ccc([N+](=O)[O-])cc1. The lowest BCUT2D eigenvalue weighted by Gasteiger charge is -2.32. The largest absolute Gasteiger partial charge is 0.514 e. The van der Waals surface area contributed by atoms with Crippen LogP contribution in [0.1, 0.15) is 198 Å². The van der Waals surface area contributed by atoms with Crippen LogP contribution in [-0.4, -0.2) is 175 Å². The van der Waals surface area contributed by atoms with Crippen molar-refractivity contribution in [3.63, 3.8) is 0 Å². The summed E-state index contributed by atoms with van der Waals surface area (Å²) in [5.74, 6) is 0.841. The maximum Gasteiger partial charge on any atom is 0.514 e. The second-order valence-electron chi connectivity index (χ2n) is 36.1. The van der Waals surface area contributed by atoms with Crippen LogP contribution in [-0.2, 0) is 75.6 Å². The second kappa shape index (κ2) is 48.9. The van der Waals surface area contributed by atoms with E-state index in [1.54, 1.807) is 90.8 Å². The summed E-state index contributed by atoms with van der Waals surface area (Å²) in [5.41, 5.74) is 11.3. The number of halogens is 2. The molecule has 0 bridgehead atoms. The molecule has 1 N–H and O–H groups in total. The van der Waals surface area contributed by atoms with Crippen molar-refractivity contribution in [2.75, 3.05) is 28.2 Å². The van der Waals surface area contributed by atoms with Crippen molar-refractivity contribution in [2.24, 2.45) is 5.92 Å². The van der Waals surface area contributed by atoms with E-state index in [-0.39, 0.29) is 128 Å². The number of rotatable bonds is 26. The number of ether oxygens (including phenoxy) is 8. The molecule has 138 heavy (non-hydrogen) atoms. The van der Waals surface area contributed by atoms with E-state index < -0.39 is 18.2 Å². The fourth-order valence-electron chi connectivity index (χ4n) is 17.0. The molecule has 5 aromatic heterocycles. The molecule has 4 amide bonds. The summed E-state index contributed by atoms with van der Waals surface area (Å²) in [5, 5.41) is 39.7. The fraction of sp³-hybridized carbons (Fsp3) is 0.436. The van der Waals surface area contributed by atoms with Gasteiger partial charge in [-0.15, -0.1) is 0 Å². The standard InChI is InChI=1S/C27H36N2O6.C23H31BN2O5.C17H11BrN2O6.C17H19BrN2O3.C17H20N2O4/c1-18(2)34-26(30)20-7-6-10-23(15-20)35-22-13-11-19(12-14-22)24-16-33-28-25(24)17-32-27(31)29(3)21-8-4-5-9-21;1-22(2)23(3,4)31-24(30-22)17-12-10-16(11-13-17)19-14-29-25-20(19)15-28-21(27)26(5)18-8-6-7-9-18;18-12-3-1-11(2-4-12)15-9-25-19-16(15)10-24-17(21)26-14-7-5-13(6-8-14)20(22)23;1-20(14-4-2-3-5-14)17(21)22-11-16-15(10-23-19-16)12-6-8-13(18)9-7-12;1-19(13-4-2-3-5-13)17(21)22-11-16-15(10-23-18-16)12-6-8-14(20)9-7-12/h11-14,16,18,20-21,23H,4-10,15,17H2,1-3H3;10-14,18H,6-9,15H2,1-5H3;1-9H,10H2;6-10,14H,2-5,11H2,1H3;6-10,13,20H,2-5,11H2,1H3/t20-,23-;;;;/m0..../s1. The summed E-state index contributed by atoms with van der Waals surface area (Å²) in [6.07, 6.45) is 26.3. The fourth-order valence-corrected chi connectivity index (χ4v) is 17.5. The van der Waals surface area contributed by atoms with Crippen molar-refractivity contribution in [3.8, 4) is 72.9 Å². The smallest absolute Gasteiger partial charge is 0.508 e. The van der Waals surface area contributed by atoms with Gasteiger partial charge in [0.25, 0.3) is 5.69 Å². The van der Waals surface area contributed by atoms with Crippen LogP contribution < -0.4 is 14.9 Å². The molecular weight excluding hydrogens is 1910 g/mol. The van der Waals surface area contributed by atoms with Gasteiger partial charge >= 0.3 is 43.6 Å². The lowest BCUT2D eigenvalue weighted by molar-refractivity contribution is -0.384. The number of carbonyl (C=O) groups is 6. The summed E-state index contributed by atoms with van der Waals surface area (Å²) in [4.78, 5) is 90.0. The third kappa shape index (κ3) is 28.2. The van der Waals surface area contributed by atoms with Crippen molar-refractivity contribution in [1.82, 2.24) is 45.4 Å². The summed E-state index contributed by atoms with van der Waals surface area (Å²) in [6.45, 7) is 12.0. The van der Waals surface area contributed by atoms with Gasteiger partial charge in [-0.05, 0) is 213 Å². The Hall–Kier alpha value is -12.9. The van der Waals surface area contributed by atoms with E-state index in [2.05, 4.69) is 57.6 Å². The number of non-ortho nitro benzene ring substituents is 1. The van der Waals surface area contributed by atoms with Gasteiger partial charge in [0.15, 0.2) is 0 Å². The topological polar surface area (TPSA) is 401 Å². The molecule has 1 aliphatic heterocycles. The summed E-state index contributed by atoms with van der Waals surface area (Å²) >= 11 is 6.77. The van der Waals surface area contributed by atoms with Gasteiger partial charge in [-0.2, -0.15) is 0 Å². The Morgan fingerprint density at radius 2 is 0.732 bits per heavy atom. The molecule has 6 heterocycles. The molecule has 0 spiro atoms. The molecule has 37 heteroatoms. The average Bonchev–Trinajstić information content (AvgIpc) is 1.62. The molecule has 2 atom stereocenters. The zero-order valence-electron chi connectivity index (χ0n) is 79.1. The highest BCUT2D eigenvalue weighted by Gasteiger charge is 2.52. The molecule has 732 valence electrons. The zero-order chi connectivity index (χ0) is 98.0. The highest BCUT2D eigenvalue weighted by molar-refractivity contribution is 9.10. The van der Waals surface area contributed by atoms with Gasteiger partial charge in [0.2, 0.25) is 0 Å². The summed E-state index contributed by atoms with van der Waals surface area (Å²) < 4.78 is 82.9. The normalized spacial score (nSPS) is 16.7. The monoisotopic (exact) mass is 2020 g/mol. The van der Waals surface area contributed by atoms with E-state index >= 15 is 0 Å². The third-order valence-electron chi connectivity index (χ3n) is 25.8.